The van der Waals surface area contributed by atoms with Crippen molar-refractivity contribution in [2.45, 2.75) is 33.1 Å². The Morgan fingerprint density at radius 3 is 1.52 bits per heavy atom. The quantitative estimate of drug-likeness (QED) is 0.827. The van der Waals surface area contributed by atoms with Gasteiger partial charge in [-0.05, 0) is 38.5 Å². The van der Waals surface area contributed by atoms with Crippen LogP contribution in [0.4, 0.5) is 11.4 Å². The number of hydrogen-bond acceptors (Lipinski definition) is 4. The highest BCUT2D eigenvalue weighted by atomic mass is 15.4. The first-order valence-electron chi connectivity index (χ1n) is 7.47. The lowest BCUT2D eigenvalue weighted by Gasteiger charge is -2.32. The summed E-state index contributed by atoms with van der Waals surface area (Å²) >= 11 is 0. The van der Waals surface area contributed by atoms with E-state index in [1.54, 1.807) is 0 Å². The SMILES string of the molecule is Cc1c(N2C=CN(C)[C@H]2C)cccc1N1C=CN(C)[C@@H]1C. The third-order valence-corrected chi connectivity index (χ3v) is 4.74. The van der Waals surface area contributed by atoms with Crippen molar-refractivity contribution in [3.63, 3.8) is 0 Å². The normalized spacial score (nSPS) is 24.6. The molecule has 0 saturated heterocycles. The van der Waals surface area contributed by atoms with Crippen LogP contribution >= 0.6 is 0 Å². The summed E-state index contributed by atoms with van der Waals surface area (Å²) in [5, 5.41) is 0. The summed E-state index contributed by atoms with van der Waals surface area (Å²) in [4.78, 5) is 9.09. The molecule has 0 bridgehead atoms. The molecule has 1 aromatic rings. The second-order valence-electron chi connectivity index (χ2n) is 5.93. The zero-order valence-corrected chi connectivity index (χ0v) is 13.5. The summed E-state index contributed by atoms with van der Waals surface area (Å²) in [6.07, 6.45) is 9.28. The Labute approximate surface area is 127 Å². The third-order valence-electron chi connectivity index (χ3n) is 4.74. The second-order valence-corrected chi connectivity index (χ2v) is 5.93. The van der Waals surface area contributed by atoms with Crippen molar-refractivity contribution in [3.05, 3.63) is 48.6 Å². The maximum atomic E-state index is 2.33. The summed E-state index contributed by atoms with van der Waals surface area (Å²) in [5.41, 5.74) is 3.86. The van der Waals surface area contributed by atoms with Gasteiger partial charge in [-0.2, -0.15) is 0 Å². The summed E-state index contributed by atoms with van der Waals surface area (Å²) < 4.78 is 0. The topological polar surface area (TPSA) is 13.0 Å². The molecular formula is C17H24N4. The van der Waals surface area contributed by atoms with E-state index >= 15 is 0 Å². The highest BCUT2D eigenvalue weighted by Crippen LogP contribution is 2.35. The number of rotatable bonds is 2. The van der Waals surface area contributed by atoms with Crippen LogP contribution in [-0.2, 0) is 0 Å². The summed E-state index contributed by atoms with van der Waals surface area (Å²) in [6.45, 7) is 6.65. The molecule has 0 aromatic heterocycles. The van der Waals surface area contributed by atoms with Gasteiger partial charge < -0.3 is 19.6 Å². The van der Waals surface area contributed by atoms with E-state index in [1.165, 1.54) is 16.9 Å². The van der Waals surface area contributed by atoms with E-state index in [0.717, 1.165) is 0 Å². The molecule has 0 spiro atoms. The average Bonchev–Trinajstić information content (AvgIpc) is 2.96. The van der Waals surface area contributed by atoms with Crippen LogP contribution in [0.5, 0.6) is 0 Å². The Bertz CT molecular complexity index is 544. The smallest absolute Gasteiger partial charge is 0.102 e. The molecule has 2 atom stereocenters. The van der Waals surface area contributed by atoms with Crippen molar-refractivity contribution in [2.75, 3.05) is 23.9 Å². The molecule has 0 unspecified atom stereocenters. The first-order chi connectivity index (χ1) is 10.0. The van der Waals surface area contributed by atoms with E-state index in [-0.39, 0.29) is 0 Å². The summed E-state index contributed by atoms with van der Waals surface area (Å²) in [6, 6.07) is 6.55. The fourth-order valence-electron chi connectivity index (χ4n) is 2.98. The number of anilines is 2. The fraction of sp³-hybridized carbons (Fsp3) is 0.412. The van der Waals surface area contributed by atoms with Gasteiger partial charge in [-0.25, -0.2) is 0 Å². The van der Waals surface area contributed by atoms with Crippen molar-refractivity contribution in [1.29, 1.82) is 0 Å². The molecule has 0 aliphatic carbocycles. The Morgan fingerprint density at radius 1 is 0.762 bits per heavy atom. The zero-order chi connectivity index (χ0) is 15.1. The van der Waals surface area contributed by atoms with Gasteiger partial charge in [0.05, 0.1) is 0 Å². The van der Waals surface area contributed by atoms with Crippen LogP contribution in [0, 0.1) is 6.92 Å². The first-order valence-corrected chi connectivity index (χ1v) is 7.47. The lowest BCUT2D eigenvalue weighted by Crippen LogP contribution is -2.35. The molecule has 0 fully saturated rings. The monoisotopic (exact) mass is 284 g/mol. The van der Waals surface area contributed by atoms with E-state index < -0.39 is 0 Å². The predicted molar refractivity (Wildman–Crippen MR) is 88.9 cm³/mol. The molecule has 0 N–H and O–H groups in total. The van der Waals surface area contributed by atoms with Crippen LogP contribution in [0.15, 0.2) is 43.0 Å². The highest BCUT2D eigenvalue weighted by Gasteiger charge is 2.25. The van der Waals surface area contributed by atoms with Gasteiger partial charge in [-0.1, -0.05) is 6.07 Å². The van der Waals surface area contributed by atoms with Crippen molar-refractivity contribution in [2.24, 2.45) is 0 Å². The standard InChI is InChI=1S/C17H24N4/c1-13-16(20-11-9-18(4)14(20)2)7-6-8-17(13)21-12-10-19(5)15(21)3/h6-12,14-15H,1-5H3/t14-,15+. The minimum absolute atomic E-state index is 0.355. The van der Waals surface area contributed by atoms with E-state index in [4.69, 9.17) is 0 Å². The molecule has 0 amide bonds. The molecule has 2 heterocycles. The lowest BCUT2D eigenvalue weighted by atomic mass is 10.1. The molecule has 3 rings (SSSR count). The first kappa shape index (κ1) is 13.9. The van der Waals surface area contributed by atoms with Gasteiger partial charge in [-0.3, -0.25) is 0 Å². The number of benzene rings is 1. The number of hydrogen-bond donors (Lipinski definition) is 0. The van der Waals surface area contributed by atoms with Crippen LogP contribution < -0.4 is 9.80 Å². The average molecular weight is 284 g/mol. The van der Waals surface area contributed by atoms with Gasteiger partial charge in [0.1, 0.15) is 12.3 Å². The van der Waals surface area contributed by atoms with Crippen molar-refractivity contribution in [3.8, 4) is 0 Å². The second kappa shape index (κ2) is 5.02. The molecule has 1 aromatic carbocycles. The van der Waals surface area contributed by atoms with Gasteiger partial charge in [0.15, 0.2) is 0 Å². The Kier molecular flexibility index (Phi) is 3.32. The van der Waals surface area contributed by atoms with Crippen LogP contribution in [0.3, 0.4) is 0 Å². The number of nitrogens with zero attached hydrogens (tertiary/aromatic N) is 4. The molecule has 4 nitrogen and oxygen atoms in total. The third kappa shape index (κ3) is 2.15. The highest BCUT2D eigenvalue weighted by molar-refractivity contribution is 5.70. The Balaban J connectivity index is 1.97. The van der Waals surface area contributed by atoms with Crippen LogP contribution in [-0.4, -0.2) is 36.2 Å². The fourth-order valence-corrected chi connectivity index (χ4v) is 2.98. The molecule has 4 heteroatoms. The van der Waals surface area contributed by atoms with Gasteiger partial charge in [-0.15, -0.1) is 0 Å². The Hall–Kier alpha value is -2.10. The molecule has 0 saturated carbocycles. The minimum atomic E-state index is 0.355. The van der Waals surface area contributed by atoms with Crippen LogP contribution in [0.2, 0.25) is 0 Å². The molecule has 21 heavy (non-hydrogen) atoms. The molecule has 2 aliphatic heterocycles. The van der Waals surface area contributed by atoms with E-state index in [2.05, 4.69) is 97.5 Å². The van der Waals surface area contributed by atoms with Gasteiger partial charge >= 0.3 is 0 Å². The van der Waals surface area contributed by atoms with Crippen LogP contribution in [0.1, 0.15) is 19.4 Å². The van der Waals surface area contributed by atoms with Crippen molar-refractivity contribution < 1.29 is 0 Å². The van der Waals surface area contributed by atoms with Gasteiger partial charge in [0, 0.05) is 50.3 Å². The maximum Gasteiger partial charge on any atom is 0.102 e. The van der Waals surface area contributed by atoms with E-state index in [9.17, 15) is 0 Å². The Morgan fingerprint density at radius 2 is 1.19 bits per heavy atom. The lowest BCUT2D eigenvalue weighted by molar-refractivity contribution is 0.381. The zero-order valence-electron chi connectivity index (χ0n) is 13.5. The van der Waals surface area contributed by atoms with Crippen molar-refractivity contribution in [1.82, 2.24) is 9.80 Å². The molecular weight excluding hydrogens is 260 g/mol. The maximum absolute atomic E-state index is 2.33. The summed E-state index contributed by atoms with van der Waals surface area (Å²) in [5.74, 6) is 0. The molecule has 0 radical (unpaired) electrons. The van der Waals surface area contributed by atoms with Crippen molar-refractivity contribution >= 4 is 11.4 Å². The largest absolute Gasteiger partial charge is 0.359 e. The van der Waals surface area contributed by atoms with Crippen LogP contribution in [0.25, 0.3) is 0 Å². The molecule has 2 aliphatic rings. The van der Waals surface area contributed by atoms with E-state index in [1.807, 2.05) is 0 Å². The van der Waals surface area contributed by atoms with Gasteiger partial charge in [0.2, 0.25) is 0 Å². The van der Waals surface area contributed by atoms with E-state index in [0.29, 0.717) is 12.3 Å². The summed E-state index contributed by atoms with van der Waals surface area (Å²) in [7, 11) is 4.22. The van der Waals surface area contributed by atoms with Gasteiger partial charge in [0.25, 0.3) is 0 Å². The predicted octanol–water partition coefficient (Wildman–Crippen LogP) is 3.13. The minimum Gasteiger partial charge on any atom is -0.359 e. The molecule has 112 valence electrons.